The predicted octanol–water partition coefficient (Wildman–Crippen LogP) is 4.00. The van der Waals surface area contributed by atoms with Gasteiger partial charge in [0.15, 0.2) is 5.90 Å². The number of methoxy groups -OCH3 is 2. The van der Waals surface area contributed by atoms with Gasteiger partial charge in [-0.1, -0.05) is 12.6 Å². The summed E-state index contributed by atoms with van der Waals surface area (Å²) in [4.78, 5) is 17.5. The molecule has 7 nitrogen and oxygen atoms in total. The number of pyridine rings is 1. The maximum absolute atomic E-state index is 5.56. The lowest BCUT2D eigenvalue weighted by Gasteiger charge is -2.12. The minimum Gasteiger partial charge on any atom is -0.494 e. The normalized spacial score (nSPS) is 11.4. The van der Waals surface area contributed by atoms with Gasteiger partial charge in [-0.3, -0.25) is 4.98 Å². The Hall–Kier alpha value is -3.48. The number of nitrogens with zero attached hydrogens (tertiary/aromatic N) is 4. The van der Waals surface area contributed by atoms with Crippen LogP contribution in [0.15, 0.2) is 54.1 Å². The van der Waals surface area contributed by atoms with E-state index in [1.807, 2.05) is 37.4 Å². The molecule has 0 atom stereocenters. The zero-order valence-electron chi connectivity index (χ0n) is 16.5. The molecule has 1 aromatic carbocycles. The Morgan fingerprint density at radius 2 is 2.00 bits per heavy atom. The van der Waals surface area contributed by atoms with Crippen LogP contribution in [0.4, 0.5) is 5.82 Å². The molecule has 0 spiro atoms. The summed E-state index contributed by atoms with van der Waals surface area (Å²) in [6, 6.07) is 7.95. The third-order valence-corrected chi connectivity index (χ3v) is 4.20. The van der Waals surface area contributed by atoms with Crippen molar-refractivity contribution < 1.29 is 9.47 Å². The topological polar surface area (TPSA) is 81.5 Å². The summed E-state index contributed by atoms with van der Waals surface area (Å²) in [6.07, 6.45) is 3.34. The number of hydrogen-bond donors (Lipinski definition) is 1. The van der Waals surface area contributed by atoms with Crippen molar-refractivity contribution in [1.82, 2.24) is 15.0 Å². The maximum Gasteiger partial charge on any atom is 0.184 e. The smallest absolute Gasteiger partial charge is 0.184 e. The van der Waals surface area contributed by atoms with Gasteiger partial charge in [0.1, 0.15) is 23.4 Å². The highest BCUT2D eigenvalue weighted by Crippen LogP contribution is 2.33. The monoisotopic (exact) mass is 377 g/mol. The SMILES string of the molecule is C=C(CNc1ncnc2c(OC)cc(-c3ccc(C)cn3)cc12)N=C(C)OC. The van der Waals surface area contributed by atoms with Crippen LogP contribution in [0.1, 0.15) is 12.5 Å². The van der Waals surface area contributed by atoms with Gasteiger partial charge in [-0.05, 0) is 30.7 Å². The van der Waals surface area contributed by atoms with Gasteiger partial charge in [0.25, 0.3) is 0 Å². The lowest BCUT2D eigenvalue weighted by atomic mass is 10.1. The quantitative estimate of drug-likeness (QED) is 0.516. The van der Waals surface area contributed by atoms with Gasteiger partial charge < -0.3 is 14.8 Å². The lowest BCUT2D eigenvalue weighted by Crippen LogP contribution is -2.07. The van der Waals surface area contributed by atoms with Crippen molar-refractivity contribution in [2.75, 3.05) is 26.1 Å². The van der Waals surface area contributed by atoms with Crippen molar-refractivity contribution in [2.24, 2.45) is 4.99 Å². The first kappa shape index (κ1) is 19.3. The van der Waals surface area contributed by atoms with Crippen LogP contribution in [0.5, 0.6) is 5.75 Å². The maximum atomic E-state index is 5.56. The van der Waals surface area contributed by atoms with Gasteiger partial charge in [0.05, 0.1) is 32.2 Å². The van der Waals surface area contributed by atoms with Gasteiger partial charge >= 0.3 is 0 Å². The van der Waals surface area contributed by atoms with Crippen molar-refractivity contribution >= 4 is 22.6 Å². The van der Waals surface area contributed by atoms with E-state index in [9.17, 15) is 0 Å². The van der Waals surface area contributed by atoms with E-state index in [4.69, 9.17) is 9.47 Å². The van der Waals surface area contributed by atoms with Crippen LogP contribution in [0.2, 0.25) is 0 Å². The second kappa shape index (κ2) is 8.47. The fourth-order valence-electron chi connectivity index (χ4n) is 2.71. The third kappa shape index (κ3) is 4.25. The zero-order valence-corrected chi connectivity index (χ0v) is 16.5. The summed E-state index contributed by atoms with van der Waals surface area (Å²) in [6.45, 7) is 8.14. The van der Waals surface area contributed by atoms with Crippen LogP contribution >= 0.6 is 0 Å². The number of hydrogen-bond acceptors (Lipinski definition) is 7. The van der Waals surface area contributed by atoms with E-state index in [1.165, 1.54) is 6.33 Å². The number of fused-ring (bicyclic) bond motifs is 1. The number of aromatic nitrogens is 3. The van der Waals surface area contributed by atoms with E-state index in [-0.39, 0.29) is 0 Å². The molecule has 0 fully saturated rings. The average molecular weight is 377 g/mol. The Bertz CT molecular complexity index is 1030. The van der Waals surface area contributed by atoms with Crippen LogP contribution in [-0.2, 0) is 4.74 Å². The molecule has 0 saturated heterocycles. The zero-order chi connectivity index (χ0) is 20.1. The van der Waals surface area contributed by atoms with Crippen LogP contribution in [-0.4, -0.2) is 41.6 Å². The van der Waals surface area contributed by atoms with Gasteiger partial charge in [-0.15, -0.1) is 0 Å². The molecule has 0 saturated carbocycles. The number of rotatable bonds is 6. The van der Waals surface area contributed by atoms with E-state index in [1.54, 1.807) is 21.1 Å². The molecule has 0 bridgehead atoms. The molecule has 2 aromatic heterocycles. The number of ether oxygens (including phenoxy) is 2. The van der Waals surface area contributed by atoms with Crippen LogP contribution in [0.25, 0.3) is 22.2 Å². The molecule has 144 valence electrons. The first-order valence-electron chi connectivity index (χ1n) is 8.78. The Kier molecular flexibility index (Phi) is 5.84. The highest BCUT2D eigenvalue weighted by Gasteiger charge is 2.12. The fourth-order valence-corrected chi connectivity index (χ4v) is 2.71. The minimum absolute atomic E-state index is 0.419. The fraction of sp³-hybridized carbons (Fsp3) is 0.238. The molecule has 0 aliphatic rings. The second-order valence-electron chi connectivity index (χ2n) is 6.27. The van der Waals surface area contributed by atoms with Gasteiger partial charge in [0, 0.05) is 24.1 Å². The highest BCUT2D eigenvalue weighted by molar-refractivity contribution is 5.96. The summed E-state index contributed by atoms with van der Waals surface area (Å²) < 4.78 is 10.6. The number of aryl methyl sites for hydroxylation is 1. The Labute approximate surface area is 164 Å². The first-order valence-corrected chi connectivity index (χ1v) is 8.78. The molecular weight excluding hydrogens is 354 g/mol. The van der Waals surface area contributed by atoms with E-state index in [0.29, 0.717) is 29.7 Å². The summed E-state index contributed by atoms with van der Waals surface area (Å²) in [5.74, 6) is 1.88. The molecule has 0 aliphatic carbocycles. The van der Waals surface area contributed by atoms with Crippen molar-refractivity contribution in [3.05, 3.63) is 54.6 Å². The summed E-state index contributed by atoms with van der Waals surface area (Å²) in [5, 5.41) is 4.10. The highest BCUT2D eigenvalue weighted by atomic mass is 16.5. The Balaban J connectivity index is 2.00. The third-order valence-electron chi connectivity index (χ3n) is 4.20. The number of nitrogens with one attached hydrogen (secondary N) is 1. The van der Waals surface area contributed by atoms with Crippen molar-refractivity contribution in [2.45, 2.75) is 13.8 Å². The standard InChI is InChI=1S/C21H23N5O2/c1-13-6-7-18(22-10-13)16-8-17-20(19(9-16)28-5)24-12-25-21(17)23-11-14(2)26-15(3)27-4/h6-10,12H,2,11H2,1,3-5H3,(H,23,24,25). The average Bonchev–Trinajstić information content (AvgIpc) is 2.71. The molecule has 2 heterocycles. The van der Waals surface area contributed by atoms with Gasteiger partial charge in [0.2, 0.25) is 0 Å². The van der Waals surface area contributed by atoms with Gasteiger partial charge in [-0.25, -0.2) is 15.0 Å². The second-order valence-corrected chi connectivity index (χ2v) is 6.27. The summed E-state index contributed by atoms with van der Waals surface area (Å²) in [7, 11) is 3.20. The largest absolute Gasteiger partial charge is 0.494 e. The van der Waals surface area contributed by atoms with E-state index < -0.39 is 0 Å². The minimum atomic E-state index is 0.419. The molecule has 0 amide bonds. The molecule has 3 aromatic rings. The van der Waals surface area contributed by atoms with Crippen molar-refractivity contribution in [1.29, 1.82) is 0 Å². The number of anilines is 1. The van der Waals surface area contributed by atoms with E-state index in [2.05, 4.69) is 31.8 Å². The van der Waals surface area contributed by atoms with Crippen molar-refractivity contribution in [3.63, 3.8) is 0 Å². The van der Waals surface area contributed by atoms with Crippen LogP contribution in [0, 0.1) is 6.92 Å². The molecule has 3 rings (SSSR count). The molecule has 7 heteroatoms. The number of aliphatic imine (C=N–C) groups is 1. The molecule has 0 unspecified atom stereocenters. The van der Waals surface area contributed by atoms with E-state index in [0.717, 1.165) is 27.7 Å². The Morgan fingerprint density at radius 3 is 2.68 bits per heavy atom. The predicted molar refractivity (Wildman–Crippen MR) is 112 cm³/mol. The lowest BCUT2D eigenvalue weighted by molar-refractivity contribution is 0.399. The van der Waals surface area contributed by atoms with Gasteiger partial charge in [-0.2, -0.15) is 0 Å². The molecule has 0 aliphatic heterocycles. The summed E-state index contributed by atoms with van der Waals surface area (Å²) in [5.41, 5.74) is 4.24. The van der Waals surface area contributed by atoms with E-state index >= 15 is 0 Å². The Morgan fingerprint density at radius 1 is 1.18 bits per heavy atom. The van der Waals surface area contributed by atoms with Crippen LogP contribution < -0.4 is 10.1 Å². The molecule has 28 heavy (non-hydrogen) atoms. The van der Waals surface area contributed by atoms with Crippen molar-refractivity contribution in [3.8, 4) is 17.0 Å². The van der Waals surface area contributed by atoms with Crippen LogP contribution in [0.3, 0.4) is 0 Å². The first-order chi connectivity index (χ1) is 13.5. The number of benzene rings is 1. The molecular formula is C21H23N5O2. The summed E-state index contributed by atoms with van der Waals surface area (Å²) >= 11 is 0. The molecule has 1 N–H and O–H groups in total. The molecule has 0 radical (unpaired) electrons.